The molecular weight excluding hydrogens is 276 g/mol. The van der Waals surface area contributed by atoms with E-state index in [1.54, 1.807) is 6.07 Å². The molecule has 1 aliphatic rings. The second-order valence-corrected chi connectivity index (χ2v) is 7.26. The van der Waals surface area contributed by atoms with Crippen LogP contribution in [0.4, 0.5) is 5.95 Å². The summed E-state index contributed by atoms with van der Waals surface area (Å²) in [4.78, 5) is 21.1. The minimum Gasteiger partial charge on any atom is -0.351 e. The van der Waals surface area contributed by atoms with E-state index < -0.39 is 0 Å². The van der Waals surface area contributed by atoms with E-state index >= 15 is 0 Å². The van der Waals surface area contributed by atoms with E-state index in [1.807, 2.05) is 27.7 Å². The Balaban J connectivity index is 2.10. The van der Waals surface area contributed by atoms with Crippen molar-refractivity contribution in [1.82, 2.24) is 15.3 Å². The van der Waals surface area contributed by atoms with Crippen LogP contribution in [0, 0.1) is 6.92 Å². The normalized spacial score (nSPS) is 16.9. The van der Waals surface area contributed by atoms with Crippen molar-refractivity contribution in [2.45, 2.75) is 77.8 Å². The Morgan fingerprint density at radius 3 is 2.36 bits per heavy atom. The molecule has 0 unspecified atom stereocenters. The number of carbonyl (C=O) groups excluding carboxylic acids is 1. The molecule has 1 aromatic rings. The fourth-order valence-electron chi connectivity index (χ4n) is 2.76. The fourth-order valence-corrected chi connectivity index (χ4v) is 2.76. The molecule has 5 heteroatoms. The largest absolute Gasteiger partial charge is 0.351 e. The van der Waals surface area contributed by atoms with Gasteiger partial charge in [-0.25, -0.2) is 9.97 Å². The molecule has 1 amide bonds. The Hall–Kier alpha value is -1.65. The highest BCUT2D eigenvalue weighted by molar-refractivity contribution is 5.93. The molecule has 0 aromatic carbocycles. The highest BCUT2D eigenvalue weighted by Crippen LogP contribution is 2.20. The third-order valence-electron chi connectivity index (χ3n) is 3.76. The number of rotatable bonds is 3. The zero-order valence-electron chi connectivity index (χ0n) is 14.2. The third-order valence-corrected chi connectivity index (χ3v) is 3.76. The van der Waals surface area contributed by atoms with E-state index in [-0.39, 0.29) is 11.4 Å². The van der Waals surface area contributed by atoms with Crippen molar-refractivity contribution in [2.75, 3.05) is 5.32 Å². The number of nitrogens with one attached hydrogen (secondary N) is 2. The molecule has 1 fully saturated rings. The Labute approximate surface area is 133 Å². The Morgan fingerprint density at radius 2 is 1.77 bits per heavy atom. The molecule has 2 N–H and O–H groups in total. The first-order valence-corrected chi connectivity index (χ1v) is 8.28. The number of amides is 1. The van der Waals surface area contributed by atoms with E-state index in [4.69, 9.17) is 0 Å². The van der Waals surface area contributed by atoms with Crippen molar-refractivity contribution >= 4 is 11.9 Å². The second-order valence-electron chi connectivity index (χ2n) is 7.26. The number of carbonyl (C=O) groups is 1. The van der Waals surface area contributed by atoms with Gasteiger partial charge in [0.15, 0.2) is 0 Å². The van der Waals surface area contributed by atoms with E-state index in [1.165, 1.54) is 25.7 Å². The number of aromatic nitrogens is 2. The van der Waals surface area contributed by atoms with Crippen LogP contribution in [0.1, 0.15) is 75.5 Å². The first-order chi connectivity index (χ1) is 10.3. The molecule has 0 aliphatic heterocycles. The van der Waals surface area contributed by atoms with Crippen molar-refractivity contribution in [3.63, 3.8) is 0 Å². The molecule has 5 nitrogen and oxygen atoms in total. The van der Waals surface area contributed by atoms with Gasteiger partial charge < -0.3 is 10.6 Å². The van der Waals surface area contributed by atoms with Gasteiger partial charge in [-0.3, -0.25) is 4.79 Å². The highest BCUT2D eigenvalue weighted by Gasteiger charge is 2.19. The Bertz CT molecular complexity index is 514. The van der Waals surface area contributed by atoms with Gasteiger partial charge in [-0.1, -0.05) is 25.7 Å². The number of hydrogen-bond acceptors (Lipinski definition) is 4. The molecule has 0 atom stereocenters. The summed E-state index contributed by atoms with van der Waals surface area (Å²) in [5.41, 5.74) is 0.967. The minimum absolute atomic E-state index is 0.151. The predicted molar refractivity (Wildman–Crippen MR) is 89.1 cm³/mol. The second kappa shape index (κ2) is 7.07. The summed E-state index contributed by atoms with van der Waals surface area (Å²) in [7, 11) is 0. The molecule has 1 saturated carbocycles. The van der Waals surface area contributed by atoms with Gasteiger partial charge in [-0.15, -0.1) is 0 Å². The molecule has 2 rings (SSSR count). The summed E-state index contributed by atoms with van der Waals surface area (Å²) < 4.78 is 0. The maximum Gasteiger partial charge on any atom is 0.270 e. The molecule has 1 aromatic heterocycles. The van der Waals surface area contributed by atoms with Gasteiger partial charge in [-0.05, 0) is 46.6 Å². The highest BCUT2D eigenvalue weighted by atomic mass is 16.2. The topological polar surface area (TPSA) is 66.9 Å². The molecule has 0 spiro atoms. The molecule has 0 bridgehead atoms. The van der Waals surface area contributed by atoms with Crippen LogP contribution >= 0.6 is 0 Å². The van der Waals surface area contributed by atoms with Gasteiger partial charge in [0, 0.05) is 17.3 Å². The maximum absolute atomic E-state index is 12.3. The first-order valence-electron chi connectivity index (χ1n) is 8.28. The average molecular weight is 304 g/mol. The number of anilines is 1. The van der Waals surface area contributed by atoms with Crippen LogP contribution in [0.5, 0.6) is 0 Å². The summed E-state index contributed by atoms with van der Waals surface area (Å²) >= 11 is 0. The smallest absolute Gasteiger partial charge is 0.270 e. The lowest BCUT2D eigenvalue weighted by molar-refractivity contribution is 0.0914. The van der Waals surface area contributed by atoms with Crippen molar-refractivity contribution < 1.29 is 4.79 Å². The third kappa shape index (κ3) is 5.28. The van der Waals surface area contributed by atoms with Crippen molar-refractivity contribution in [3.8, 4) is 0 Å². The average Bonchev–Trinajstić information content (AvgIpc) is 2.64. The van der Waals surface area contributed by atoms with E-state index in [0.717, 1.165) is 18.5 Å². The van der Waals surface area contributed by atoms with Crippen LogP contribution in [0.2, 0.25) is 0 Å². The van der Waals surface area contributed by atoms with Crippen LogP contribution in [0.3, 0.4) is 0 Å². The van der Waals surface area contributed by atoms with Crippen molar-refractivity contribution in [1.29, 1.82) is 0 Å². The fraction of sp³-hybridized carbons (Fsp3) is 0.706. The quantitative estimate of drug-likeness (QED) is 0.839. The number of nitrogens with zero attached hydrogens (tertiary/aromatic N) is 2. The Morgan fingerprint density at radius 1 is 1.14 bits per heavy atom. The molecule has 0 radical (unpaired) electrons. The summed E-state index contributed by atoms with van der Waals surface area (Å²) in [6.07, 6.45) is 7.43. The summed E-state index contributed by atoms with van der Waals surface area (Å²) in [6.45, 7) is 7.78. The monoisotopic (exact) mass is 304 g/mol. The van der Waals surface area contributed by atoms with E-state index in [9.17, 15) is 4.79 Å². The zero-order valence-corrected chi connectivity index (χ0v) is 14.2. The molecule has 0 saturated heterocycles. The van der Waals surface area contributed by atoms with Gasteiger partial charge in [-0.2, -0.15) is 0 Å². The number of hydrogen-bond donors (Lipinski definition) is 2. The van der Waals surface area contributed by atoms with Gasteiger partial charge in [0.1, 0.15) is 5.69 Å². The van der Waals surface area contributed by atoms with Gasteiger partial charge in [0.2, 0.25) is 5.95 Å². The maximum atomic E-state index is 12.3. The van der Waals surface area contributed by atoms with Crippen LogP contribution in [0.15, 0.2) is 6.07 Å². The lowest BCUT2D eigenvalue weighted by atomic mass is 10.1. The molecule has 1 aliphatic carbocycles. The van der Waals surface area contributed by atoms with Crippen molar-refractivity contribution in [2.24, 2.45) is 0 Å². The summed E-state index contributed by atoms with van der Waals surface area (Å²) in [6, 6.07) is 2.15. The predicted octanol–water partition coefficient (Wildman–Crippen LogP) is 3.45. The van der Waals surface area contributed by atoms with E-state index in [0.29, 0.717) is 17.7 Å². The zero-order chi connectivity index (χ0) is 16.2. The van der Waals surface area contributed by atoms with Gasteiger partial charge >= 0.3 is 0 Å². The SMILES string of the molecule is Cc1cc(C(=O)NC(C)(C)C)nc(NC2CCCCCC2)n1. The summed E-state index contributed by atoms with van der Waals surface area (Å²) in [5, 5.41) is 6.36. The molecule has 122 valence electrons. The van der Waals surface area contributed by atoms with Crippen LogP contribution in [-0.4, -0.2) is 27.5 Å². The molecule has 1 heterocycles. The van der Waals surface area contributed by atoms with E-state index in [2.05, 4.69) is 20.6 Å². The van der Waals surface area contributed by atoms with Crippen LogP contribution < -0.4 is 10.6 Å². The van der Waals surface area contributed by atoms with Crippen LogP contribution in [-0.2, 0) is 0 Å². The van der Waals surface area contributed by atoms with Gasteiger partial charge in [0.05, 0.1) is 0 Å². The molecular formula is C17H28N4O. The lowest BCUT2D eigenvalue weighted by Crippen LogP contribution is -2.41. The summed E-state index contributed by atoms with van der Waals surface area (Å²) in [5.74, 6) is 0.424. The molecule has 22 heavy (non-hydrogen) atoms. The lowest BCUT2D eigenvalue weighted by Gasteiger charge is -2.21. The van der Waals surface area contributed by atoms with Gasteiger partial charge in [0.25, 0.3) is 5.91 Å². The minimum atomic E-state index is -0.273. The van der Waals surface area contributed by atoms with Crippen LogP contribution in [0.25, 0.3) is 0 Å². The Kier molecular flexibility index (Phi) is 5.37. The van der Waals surface area contributed by atoms with Crippen molar-refractivity contribution in [3.05, 3.63) is 17.5 Å². The standard InChI is InChI=1S/C17H28N4O/c1-12-11-14(15(22)21-17(2,3)4)20-16(18-12)19-13-9-7-5-6-8-10-13/h11,13H,5-10H2,1-4H3,(H,21,22)(H,18,19,20). The first kappa shape index (κ1) is 16.7. The number of aryl methyl sites for hydroxylation is 1.